The van der Waals surface area contributed by atoms with Crippen molar-refractivity contribution < 1.29 is 4.79 Å². The van der Waals surface area contributed by atoms with E-state index in [-0.39, 0.29) is 34.2 Å². The Hall–Kier alpha value is -1.93. The van der Waals surface area contributed by atoms with Crippen LogP contribution in [0.1, 0.15) is 53.4 Å². The number of hydrogen-bond donors (Lipinski definition) is 3. The van der Waals surface area contributed by atoms with Crippen LogP contribution >= 0.6 is 11.6 Å². The monoisotopic (exact) mass is 419 g/mol. The first-order chi connectivity index (χ1) is 13.6. The molecule has 2 aliphatic heterocycles. The average Bonchev–Trinajstić information content (AvgIpc) is 3.06. The van der Waals surface area contributed by atoms with Gasteiger partial charge in [-0.3, -0.25) is 4.79 Å². The van der Waals surface area contributed by atoms with Crippen LogP contribution in [0.25, 0.3) is 11.2 Å². The summed E-state index contributed by atoms with van der Waals surface area (Å²) in [5, 5.41) is 7.17. The molecule has 2 fully saturated rings. The van der Waals surface area contributed by atoms with Gasteiger partial charge >= 0.3 is 0 Å². The zero-order chi connectivity index (χ0) is 20.8. The lowest BCUT2D eigenvalue weighted by Gasteiger charge is -2.47. The van der Waals surface area contributed by atoms with Crippen molar-refractivity contribution in [3.05, 3.63) is 11.6 Å². The number of piperidine rings is 2. The summed E-state index contributed by atoms with van der Waals surface area (Å²) in [4.78, 5) is 31.1. The number of anilines is 1. The maximum Gasteiger partial charge on any atom is 0.226 e. The molecule has 0 saturated carbocycles. The average molecular weight is 420 g/mol. The van der Waals surface area contributed by atoms with Crippen molar-refractivity contribution in [3.8, 4) is 0 Å². The van der Waals surface area contributed by atoms with Gasteiger partial charge in [0.05, 0.1) is 12.2 Å². The van der Waals surface area contributed by atoms with E-state index in [4.69, 9.17) is 11.6 Å². The highest BCUT2D eigenvalue weighted by molar-refractivity contribution is 6.28. The van der Waals surface area contributed by atoms with Crippen LogP contribution in [-0.2, 0) is 4.79 Å². The van der Waals surface area contributed by atoms with Gasteiger partial charge in [0.2, 0.25) is 11.2 Å². The highest BCUT2D eigenvalue weighted by Crippen LogP contribution is 2.30. The second kappa shape index (κ2) is 7.40. The molecule has 2 aliphatic rings. The molecular formula is C20H30ClN7O. The van der Waals surface area contributed by atoms with Gasteiger partial charge in [0.15, 0.2) is 11.5 Å². The van der Waals surface area contributed by atoms with Gasteiger partial charge in [0, 0.05) is 30.2 Å². The van der Waals surface area contributed by atoms with Crippen molar-refractivity contribution in [1.29, 1.82) is 0 Å². The summed E-state index contributed by atoms with van der Waals surface area (Å²) in [5.41, 5.74) is 1.31. The highest BCUT2D eigenvalue weighted by Gasteiger charge is 2.39. The van der Waals surface area contributed by atoms with Crippen LogP contribution in [0, 0.1) is 5.92 Å². The Morgan fingerprint density at radius 3 is 2.69 bits per heavy atom. The van der Waals surface area contributed by atoms with Gasteiger partial charge in [-0.1, -0.05) is 0 Å². The first-order valence-electron chi connectivity index (χ1n) is 10.3. The summed E-state index contributed by atoms with van der Waals surface area (Å²) >= 11 is 6.09. The van der Waals surface area contributed by atoms with E-state index in [1.807, 2.05) is 0 Å². The molecule has 2 saturated heterocycles. The number of rotatable bonds is 3. The van der Waals surface area contributed by atoms with Crippen molar-refractivity contribution in [2.75, 3.05) is 18.0 Å². The van der Waals surface area contributed by atoms with E-state index in [0.29, 0.717) is 12.2 Å². The fourth-order valence-corrected chi connectivity index (χ4v) is 5.31. The third-order valence-electron chi connectivity index (χ3n) is 5.87. The van der Waals surface area contributed by atoms with Gasteiger partial charge in [-0.2, -0.15) is 9.97 Å². The molecule has 2 aromatic heterocycles. The zero-order valence-corrected chi connectivity index (χ0v) is 18.3. The predicted molar refractivity (Wildman–Crippen MR) is 114 cm³/mol. The van der Waals surface area contributed by atoms with Crippen molar-refractivity contribution in [2.24, 2.45) is 5.92 Å². The Labute approximate surface area is 176 Å². The summed E-state index contributed by atoms with van der Waals surface area (Å²) in [7, 11) is 0. The molecule has 2 aromatic rings. The van der Waals surface area contributed by atoms with Crippen LogP contribution in [0.2, 0.25) is 5.28 Å². The number of imidazole rings is 1. The van der Waals surface area contributed by atoms with Crippen LogP contribution in [0.15, 0.2) is 6.33 Å². The molecule has 0 bridgehead atoms. The van der Waals surface area contributed by atoms with Gasteiger partial charge in [-0.25, -0.2) is 4.98 Å². The number of H-pyrrole nitrogens is 1. The molecule has 0 spiro atoms. The first kappa shape index (κ1) is 20.3. The maximum absolute atomic E-state index is 13.1. The fourth-order valence-electron chi connectivity index (χ4n) is 5.15. The number of carbonyl (C=O) groups excluding carboxylic acids is 1. The Bertz CT molecular complexity index is 893. The van der Waals surface area contributed by atoms with E-state index < -0.39 is 0 Å². The second-order valence-electron chi connectivity index (χ2n) is 9.71. The number of fused-ring (bicyclic) bond motifs is 1. The van der Waals surface area contributed by atoms with Crippen LogP contribution in [-0.4, -0.2) is 56.1 Å². The van der Waals surface area contributed by atoms with Crippen LogP contribution in [0.4, 0.5) is 5.82 Å². The Morgan fingerprint density at radius 1 is 1.24 bits per heavy atom. The lowest BCUT2D eigenvalue weighted by molar-refractivity contribution is -0.126. The fraction of sp³-hybridized carbons (Fsp3) is 0.700. The molecule has 1 amide bonds. The summed E-state index contributed by atoms with van der Waals surface area (Å²) in [6.07, 6.45) is 5.25. The van der Waals surface area contributed by atoms with Gasteiger partial charge < -0.3 is 20.5 Å². The molecule has 4 rings (SSSR count). The minimum absolute atomic E-state index is 0.00221. The Balaban J connectivity index is 1.47. The normalized spacial score (nSPS) is 24.6. The molecule has 4 heterocycles. The van der Waals surface area contributed by atoms with Crippen LogP contribution in [0.3, 0.4) is 0 Å². The summed E-state index contributed by atoms with van der Waals surface area (Å²) in [6, 6.07) is 0.178. The van der Waals surface area contributed by atoms with E-state index in [2.05, 4.69) is 63.2 Å². The smallest absolute Gasteiger partial charge is 0.226 e. The minimum Gasteiger partial charge on any atom is -0.354 e. The lowest BCUT2D eigenvalue weighted by Crippen LogP contribution is -2.62. The standard InChI is InChI=1S/C20H30ClN7O/c1-19(2)8-13(9-20(3,4)27-19)24-17(29)12-6-5-7-28(10-12)16-14-15(23-11-22-14)25-18(21)26-16/h11-13,27H,5-10H2,1-4H3,(H,24,29)(H,22,23,25,26)/t12-/m1/s1. The summed E-state index contributed by atoms with van der Waals surface area (Å²) in [6.45, 7) is 10.2. The molecule has 8 nitrogen and oxygen atoms in total. The molecule has 1 atom stereocenters. The van der Waals surface area contributed by atoms with Crippen molar-refractivity contribution in [3.63, 3.8) is 0 Å². The van der Waals surface area contributed by atoms with E-state index in [1.54, 1.807) is 6.33 Å². The van der Waals surface area contributed by atoms with Crippen molar-refractivity contribution >= 4 is 34.5 Å². The van der Waals surface area contributed by atoms with E-state index >= 15 is 0 Å². The number of aromatic nitrogens is 4. The third-order valence-corrected chi connectivity index (χ3v) is 6.04. The largest absolute Gasteiger partial charge is 0.354 e. The predicted octanol–water partition coefficient (Wildman–Crippen LogP) is 2.65. The number of hydrogen-bond acceptors (Lipinski definition) is 6. The molecule has 29 heavy (non-hydrogen) atoms. The maximum atomic E-state index is 13.1. The number of amides is 1. The van der Waals surface area contributed by atoms with E-state index in [9.17, 15) is 4.79 Å². The number of nitrogens with one attached hydrogen (secondary N) is 3. The number of carbonyl (C=O) groups is 1. The topological polar surface area (TPSA) is 98.8 Å². The van der Waals surface area contributed by atoms with Crippen LogP contribution < -0.4 is 15.5 Å². The van der Waals surface area contributed by atoms with E-state index in [1.165, 1.54) is 0 Å². The van der Waals surface area contributed by atoms with Crippen molar-refractivity contribution in [2.45, 2.75) is 70.5 Å². The van der Waals surface area contributed by atoms with Crippen molar-refractivity contribution in [1.82, 2.24) is 30.6 Å². The molecular weight excluding hydrogens is 390 g/mol. The molecule has 0 radical (unpaired) electrons. The number of nitrogens with zero attached hydrogens (tertiary/aromatic N) is 4. The van der Waals surface area contributed by atoms with Gasteiger partial charge in [-0.15, -0.1) is 0 Å². The molecule has 9 heteroatoms. The minimum atomic E-state index is -0.0726. The lowest BCUT2D eigenvalue weighted by atomic mass is 9.79. The Morgan fingerprint density at radius 2 is 1.97 bits per heavy atom. The SMILES string of the molecule is CC1(C)CC(NC(=O)[C@@H]2CCCN(c3nc(Cl)nc4nc[nH]c34)C2)CC(C)(C)N1. The van der Waals surface area contributed by atoms with Gasteiger partial charge in [0.1, 0.15) is 5.52 Å². The molecule has 158 valence electrons. The Kier molecular flexibility index (Phi) is 5.19. The zero-order valence-electron chi connectivity index (χ0n) is 17.5. The van der Waals surface area contributed by atoms with Gasteiger partial charge in [0.25, 0.3) is 0 Å². The molecule has 3 N–H and O–H groups in total. The van der Waals surface area contributed by atoms with Crippen LogP contribution in [0.5, 0.6) is 0 Å². The van der Waals surface area contributed by atoms with E-state index in [0.717, 1.165) is 43.6 Å². The quantitative estimate of drug-likeness (QED) is 0.661. The highest BCUT2D eigenvalue weighted by atomic mass is 35.5. The first-order valence-corrected chi connectivity index (χ1v) is 10.7. The summed E-state index contributed by atoms with van der Waals surface area (Å²) in [5.74, 6) is 0.782. The van der Waals surface area contributed by atoms with Gasteiger partial charge in [-0.05, 0) is 65.0 Å². The number of aromatic amines is 1. The third kappa shape index (κ3) is 4.48. The number of halogens is 1. The summed E-state index contributed by atoms with van der Waals surface area (Å²) < 4.78 is 0. The molecule has 0 unspecified atom stereocenters. The molecule has 0 aliphatic carbocycles. The molecule has 0 aromatic carbocycles. The second-order valence-corrected chi connectivity index (χ2v) is 10.0.